The lowest BCUT2D eigenvalue weighted by molar-refractivity contribution is -0.384. The van der Waals surface area contributed by atoms with E-state index in [1.54, 1.807) is 24.3 Å². The highest BCUT2D eigenvalue weighted by Gasteiger charge is 2.23. The van der Waals surface area contributed by atoms with Gasteiger partial charge in [-0.3, -0.25) is 14.9 Å². The Morgan fingerprint density at radius 2 is 1.79 bits per heavy atom. The highest BCUT2D eigenvalue weighted by atomic mass is 16.7. The van der Waals surface area contributed by atoms with E-state index in [-0.39, 0.29) is 24.6 Å². The van der Waals surface area contributed by atoms with E-state index in [0.29, 0.717) is 17.2 Å². The molecule has 4 rings (SSSR count). The first-order valence-electron chi connectivity index (χ1n) is 10.9. The van der Waals surface area contributed by atoms with Gasteiger partial charge in [-0.2, -0.15) is 0 Å². The molecule has 2 heterocycles. The van der Waals surface area contributed by atoms with Crippen molar-refractivity contribution in [2.75, 3.05) is 31.4 Å². The number of carbonyl (C=O) groups is 2. The molecule has 1 amide bonds. The largest absolute Gasteiger partial charge is 0.454 e. The Hall–Kier alpha value is -3.82. The van der Waals surface area contributed by atoms with E-state index in [0.717, 1.165) is 44.3 Å². The Balaban J connectivity index is 1.33. The number of carbonyl (C=O) groups excluding carboxylic acids is 2. The topological polar surface area (TPSA) is 120 Å². The van der Waals surface area contributed by atoms with E-state index in [1.807, 2.05) is 4.90 Å². The van der Waals surface area contributed by atoms with Crippen LogP contribution in [0.25, 0.3) is 0 Å². The van der Waals surface area contributed by atoms with E-state index in [9.17, 15) is 19.7 Å². The first-order chi connectivity index (χ1) is 16.0. The second kappa shape index (κ2) is 10.2. The van der Waals surface area contributed by atoms with Crippen molar-refractivity contribution in [2.45, 2.75) is 32.2 Å². The fourth-order valence-electron chi connectivity index (χ4n) is 3.89. The molecule has 2 aromatic rings. The molecule has 0 aromatic heterocycles. The van der Waals surface area contributed by atoms with Crippen LogP contribution in [0.2, 0.25) is 0 Å². The Morgan fingerprint density at radius 1 is 1.03 bits per heavy atom. The SMILES string of the molecule is O=C(COC(=O)c1ccc(N2CCCCCC2)c([N+](=O)[O-])c1)NCc1ccc2c(c1)OCO2. The molecule has 33 heavy (non-hydrogen) atoms. The summed E-state index contributed by atoms with van der Waals surface area (Å²) in [7, 11) is 0. The molecule has 0 spiro atoms. The van der Waals surface area contributed by atoms with Crippen LogP contribution in [0.4, 0.5) is 11.4 Å². The summed E-state index contributed by atoms with van der Waals surface area (Å²) in [5.74, 6) is -0.0243. The van der Waals surface area contributed by atoms with Crippen LogP contribution in [0.3, 0.4) is 0 Å². The van der Waals surface area contributed by atoms with E-state index in [1.165, 1.54) is 12.1 Å². The number of hydrogen-bond donors (Lipinski definition) is 1. The molecular formula is C23H25N3O7. The second-order valence-corrected chi connectivity index (χ2v) is 7.90. The number of nitro benzene ring substituents is 1. The van der Waals surface area contributed by atoms with Crippen molar-refractivity contribution in [2.24, 2.45) is 0 Å². The van der Waals surface area contributed by atoms with Gasteiger partial charge in [-0.25, -0.2) is 4.79 Å². The normalized spacial score (nSPS) is 15.0. The molecule has 0 atom stereocenters. The van der Waals surface area contributed by atoms with Gasteiger partial charge >= 0.3 is 5.97 Å². The zero-order valence-corrected chi connectivity index (χ0v) is 18.1. The zero-order chi connectivity index (χ0) is 23.2. The molecule has 1 fully saturated rings. The zero-order valence-electron chi connectivity index (χ0n) is 18.1. The van der Waals surface area contributed by atoms with Gasteiger partial charge in [0.25, 0.3) is 11.6 Å². The maximum Gasteiger partial charge on any atom is 0.338 e. The summed E-state index contributed by atoms with van der Waals surface area (Å²) in [6.45, 7) is 1.38. The van der Waals surface area contributed by atoms with Crippen LogP contribution in [0, 0.1) is 10.1 Å². The third-order valence-electron chi connectivity index (χ3n) is 5.62. The predicted octanol–water partition coefficient (Wildman–Crippen LogP) is 3.18. The second-order valence-electron chi connectivity index (χ2n) is 7.90. The summed E-state index contributed by atoms with van der Waals surface area (Å²) in [4.78, 5) is 37.6. The summed E-state index contributed by atoms with van der Waals surface area (Å²) >= 11 is 0. The fourth-order valence-corrected chi connectivity index (χ4v) is 3.89. The summed E-state index contributed by atoms with van der Waals surface area (Å²) in [5.41, 5.74) is 1.20. The van der Waals surface area contributed by atoms with Gasteiger partial charge in [0.1, 0.15) is 5.69 Å². The molecule has 2 aromatic carbocycles. The minimum Gasteiger partial charge on any atom is -0.454 e. The summed E-state index contributed by atoms with van der Waals surface area (Å²) in [6, 6.07) is 9.61. The van der Waals surface area contributed by atoms with Gasteiger partial charge in [0.2, 0.25) is 6.79 Å². The number of nitrogens with one attached hydrogen (secondary N) is 1. The number of fused-ring (bicyclic) bond motifs is 1. The third-order valence-corrected chi connectivity index (χ3v) is 5.62. The van der Waals surface area contributed by atoms with Crippen molar-refractivity contribution in [1.82, 2.24) is 5.32 Å². The lowest BCUT2D eigenvalue weighted by Gasteiger charge is -2.22. The van der Waals surface area contributed by atoms with Crippen LogP contribution >= 0.6 is 0 Å². The van der Waals surface area contributed by atoms with Crippen molar-refractivity contribution in [3.8, 4) is 11.5 Å². The number of hydrogen-bond acceptors (Lipinski definition) is 8. The smallest absolute Gasteiger partial charge is 0.338 e. The molecule has 0 aliphatic carbocycles. The minimum absolute atomic E-state index is 0.0313. The molecule has 2 aliphatic rings. The molecule has 10 nitrogen and oxygen atoms in total. The number of rotatable bonds is 7. The van der Waals surface area contributed by atoms with Gasteiger partial charge in [-0.1, -0.05) is 18.9 Å². The number of benzene rings is 2. The average Bonchev–Trinajstić information content (AvgIpc) is 3.12. The van der Waals surface area contributed by atoms with E-state index in [2.05, 4.69) is 5.32 Å². The van der Waals surface area contributed by atoms with Crippen LogP contribution in [0.1, 0.15) is 41.6 Å². The molecule has 0 unspecified atom stereocenters. The molecule has 0 bridgehead atoms. The molecule has 174 valence electrons. The Labute approximate surface area is 190 Å². The highest BCUT2D eigenvalue weighted by molar-refractivity contribution is 5.93. The summed E-state index contributed by atoms with van der Waals surface area (Å²) < 4.78 is 15.6. The number of ether oxygens (including phenoxy) is 3. The maximum atomic E-state index is 12.4. The molecular weight excluding hydrogens is 430 g/mol. The van der Waals surface area contributed by atoms with Crippen molar-refractivity contribution < 1.29 is 28.7 Å². The van der Waals surface area contributed by atoms with E-state index >= 15 is 0 Å². The highest BCUT2D eigenvalue weighted by Crippen LogP contribution is 2.33. The van der Waals surface area contributed by atoms with Crippen LogP contribution in [-0.4, -0.2) is 43.3 Å². The molecule has 10 heteroatoms. The molecule has 1 saturated heterocycles. The van der Waals surface area contributed by atoms with Gasteiger partial charge in [0.05, 0.1) is 10.5 Å². The summed E-state index contributed by atoms with van der Waals surface area (Å²) in [5, 5.41) is 14.3. The third kappa shape index (κ3) is 5.51. The van der Waals surface area contributed by atoms with Gasteiger partial charge in [-0.15, -0.1) is 0 Å². The predicted molar refractivity (Wildman–Crippen MR) is 118 cm³/mol. The van der Waals surface area contributed by atoms with Gasteiger partial charge in [-0.05, 0) is 42.7 Å². The van der Waals surface area contributed by atoms with Crippen LogP contribution in [0.15, 0.2) is 36.4 Å². The van der Waals surface area contributed by atoms with Gasteiger partial charge in [0.15, 0.2) is 18.1 Å². The number of esters is 1. The number of amides is 1. The number of nitro groups is 1. The Morgan fingerprint density at radius 3 is 2.55 bits per heavy atom. The van der Waals surface area contributed by atoms with E-state index in [4.69, 9.17) is 14.2 Å². The quantitative estimate of drug-likeness (QED) is 0.384. The number of anilines is 1. The van der Waals surface area contributed by atoms with Crippen LogP contribution < -0.4 is 19.7 Å². The van der Waals surface area contributed by atoms with Gasteiger partial charge < -0.3 is 24.4 Å². The van der Waals surface area contributed by atoms with Crippen molar-refractivity contribution >= 4 is 23.3 Å². The standard InChI is InChI=1S/C23H25N3O7/c27-22(24-13-16-5-8-20-21(11-16)33-15-32-20)14-31-23(28)17-6-7-18(19(12-17)26(29)30)25-9-3-1-2-4-10-25/h5-8,11-12H,1-4,9-10,13-15H2,(H,24,27). The first-order valence-corrected chi connectivity index (χ1v) is 10.9. The first kappa shape index (κ1) is 22.4. The van der Waals surface area contributed by atoms with E-state index < -0.39 is 23.4 Å². The maximum absolute atomic E-state index is 12.4. The molecule has 0 radical (unpaired) electrons. The molecule has 0 saturated carbocycles. The Bertz CT molecular complexity index is 1050. The Kier molecular flexibility index (Phi) is 6.92. The average molecular weight is 455 g/mol. The molecule has 1 N–H and O–H groups in total. The lowest BCUT2D eigenvalue weighted by Crippen LogP contribution is -2.28. The monoisotopic (exact) mass is 455 g/mol. The van der Waals surface area contributed by atoms with Gasteiger partial charge in [0, 0.05) is 25.7 Å². The van der Waals surface area contributed by atoms with Crippen molar-refractivity contribution in [1.29, 1.82) is 0 Å². The van der Waals surface area contributed by atoms with Crippen LogP contribution in [-0.2, 0) is 16.1 Å². The van der Waals surface area contributed by atoms with Crippen molar-refractivity contribution in [3.05, 3.63) is 57.6 Å². The fraction of sp³-hybridized carbons (Fsp3) is 0.391. The number of nitrogens with zero attached hydrogens (tertiary/aromatic N) is 2. The molecule has 2 aliphatic heterocycles. The lowest BCUT2D eigenvalue weighted by atomic mass is 10.1. The summed E-state index contributed by atoms with van der Waals surface area (Å²) in [6.07, 6.45) is 4.15. The minimum atomic E-state index is -0.793. The van der Waals surface area contributed by atoms with Crippen molar-refractivity contribution in [3.63, 3.8) is 0 Å². The van der Waals surface area contributed by atoms with Crippen LogP contribution in [0.5, 0.6) is 11.5 Å².